The molecule has 1 aliphatic heterocycles. The first-order valence-electron chi connectivity index (χ1n) is 6.60. The van der Waals surface area contributed by atoms with Crippen LogP contribution in [0.15, 0.2) is 0 Å². The van der Waals surface area contributed by atoms with Crippen LogP contribution in [0, 0.1) is 5.92 Å². The normalized spacial score (nSPS) is 21.2. The average molecular weight is 268 g/mol. The summed E-state index contributed by atoms with van der Waals surface area (Å²) in [6, 6.07) is -0.0348. The molecule has 1 aliphatic rings. The minimum Gasteiger partial charge on any atom is -0.395 e. The second kappa shape index (κ2) is 7.31. The maximum absolute atomic E-state index is 12.5. The fourth-order valence-corrected chi connectivity index (χ4v) is 2.29. The monoisotopic (exact) mass is 268 g/mol. The van der Waals surface area contributed by atoms with E-state index >= 15 is 0 Å². The van der Waals surface area contributed by atoms with Crippen molar-refractivity contribution in [3.05, 3.63) is 0 Å². The number of likely N-dealkylation sites (tertiary alicyclic amines) is 1. The summed E-state index contributed by atoms with van der Waals surface area (Å²) in [5.74, 6) is -1.15. The molecule has 3 nitrogen and oxygen atoms in total. The molecule has 0 aromatic rings. The third-order valence-electron chi connectivity index (χ3n) is 3.43. The quantitative estimate of drug-likeness (QED) is 0.768. The van der Waals surface area contributed by atoms with E-state index in [0.717, 1.165) is 13.0 Å². The van der Waals surface area contributed by atoms with Crippen LogP contribution in [-0.2, 0) is 0 Å². The summed E-state index contributed by atoms with van der Waals surface area (Å²) in [5.41, 5.74) is 0. The minimum atomic E-state index is -4.05. The Kier molecular flexibility index (Phi) is 6.38. The molecule has 0 aromatic heterocycles. The Morgan fingerprint density at radius 3 is 2.39 bits per heavy atom. The van der Waals surface area contributed by atoms with Crippen LogP contribution in [0.25, 0.3) is 0 Å². The van der Waals surface area contributed by atoms with E-state index in [1.54, 1.807) is 0 Å². The van der Waals surface area contributed by atoms with E-state index in [1.807, 2.05) is 11.8 Å². The number of hydrogen-bond acceptors (Lipinski definition) is 3. The van der Waals surface area contributed by atoms with Crippen LogP contribution < -0.4 is 5.32 Å². The van der Waals surface area contributed by atoms with Crippen molar-refractivity contribution in [3.63, 3.8) is 0 Å². The Labute approximate surface area is 106 Å². The second-order valence-corrected chi connectivity index (χ2v) is 4.95. The highest BCUT2D eigenvalue weighted by Gasteiger charge is 2.41. The summed E-state index contributed by atoms with van der Waals surface area (Å²) >= 11 is 0. The van der Waals surface area contributed by atoms with Gasteiger partial charge >= 0.3 is 6.18 Å². The molecule has 2 N–H and O–H groups in total. The first-order chi connectivity index (χ1) is 8.47. The van der Waals surface area contributed by atoms with E-state index in [0.29, 0.717) is 19.6 Å². The van der Waals surface area contributed by atoms with Crippen molar-refractivity contribution >= 4 is 0 Å². The zero-order chi connectivity index (χ0) is 13.6. The molecule has 1 fully saturated rings. The number of hydrogen-bond donors (Lipinski definition) is 2. The number of piperidine rings is 1. The van der Waals surface area contributed by atoms with Crippen LogP contribution in [0.2, 0.25) is 0 Å². The Hall–Kier alpha value is -0.330. The molecule has 6 heteroatoms. The summed E-state index contributed by atoms with van der Waals surface area (Å²) in [6.45, 7) is 4.45. The van der Waals surface area contributed by atoms with E-state index in [2.05, 4.69) is 5.32 Å². The first kappa shape index (κ1) is 15.7. The third-order valence-corrected chi connectivity index (χ3v) is 3.43. The van der Waals surface area contributed by atoms with Crippen molar-refractivity contribution < 1.29 is 18.3 Å². The van der Waals surface area contributed by atoms with Gasteiger partial charge in [0, 0.05) is 12.6 Å². The Balaban J connectivity index is 2.29. The van der Waals surface area contributed by atoms with Gasteiger partial charge in [0.05, 0.1) is 12.5 Å². The molecule has 0 saturated carbocycles. The molecule has 1 saturated heterocycles. The molecule has 0 aromatic carbocycles. The molecule has 0 bridgehead atoms. The van der Waals surface area contributed by atoms with Crippen molar-refractivity contribution in [1.82, 2.24) is 10.2 Å². The number of nitrogens with zero attached hydrogens (tertiary/aromatic N) is 1. The van der Waals surface area contributed by atoms with Crippen LogP contribution in [-0.4, -0.2) is 55.0 Å². The van der Waals surface area contributed by atoms with Gasteiger partial charge in [-0.1, -0.05) is 6.92 Å². The molecule has 108 valence electrons. The number of alkyl halides is 3. The lowest BCUT2D eigenvalue weighted by molar-refractivity contribution is -0.185. The van der Waals surface area contributed by atoms with Crippen LogP contribution >= 0.6 is 0 Å². The van der Waals surface area contributed by atoms with E-state index < -0.39 is 12.1 Å². The van der Waals surface area contributed by atoms with Gasteiger partial charge in [0.25, 0.3) is 0 Å². The molecule has 1 unspecified atom stereocenters. The van der Waals surface area contributed by atoms with Gasteiger partial charge in [-0.3, -0.25) is 0 Å². The van der Waals surface area contributed by atoms with Gasteiger partial charge in [-0.15, -0.1) is 0 Å². The Bertz CT molecular complexity index is 228. The van der Waals surface area contributed by atoms with Gasteiger partial charge in [-0.2, -0.15) is 13.2 Å². The van der Waals surface area contributed by atoms with E-state index in [1.165, 1.54) is 0 Å². The summed E-state index contributed by atoms with van der Waals surface area (Å²) in [6.07, 6.45) is -2.72. The summed E-state index contributed by atoms with van der Waals surface area (Å²) in [4.78, 5) is 2.01. The molecule has 1 rings (SSSR count). The van der Waals surface area contributed by atoms with E-state index in [9.17, 15) is 18.3 Å². The lowest BCUT2D eigenvalue weighted by Crippen LogP contribution is -2.47. The van der Waals surface area contributed by atoms with Gasteiger partial charge in [-0.05, 0) is 38.9 Å². The lowest BCUT2D eigenvalue weighted by atomic mass is 9.96. The number of aliphatic hydroxyl groups excluding tert-OH is 1. The zero-order valence-corrected chi connectivity index (χ0v) is 10.8. The van der Waals surface area contributed by atoms with Crippen molar-refractivity contribution in [2.75, 3.05) is 32.8 Å². The van der Waals surface area contributed by atoms with Gasteiger partial charge in [0.1, 0.15) is 0 Å². The predicted octanol–water partition coefficient (Wildman–Crippen LogP) is 1.62. The number of rotatable bonds is 6. The van der Waals surface area contributed by atoms with Gasteiger partial charge < -0.3 is 15.3 Å². The summed E-state index contributed by atoms with van der Waals surface area (Å²) in [7, 11) is 0. The van der Waals surface area contributed by atoms with Crippen LogP contribution in [0.1, 0.15) is 26.2 Å². The summed E-state index contributed by atoms with van der Waals surface area (Å²) < 4.78 is 37.5. The van der Waals surface area contributed by atoms with Crippen LogP contribution in [0.5, 0.6) is 0 Å². The van der Waals surface area contributed by atoms with Crippen LogP contribution in [0.4, 0.5) is 13.2 Å². The van der Waals surface area contributed by atoms with Crippen molar-refractivity contribution in [1.29, 1.82) is 0 Å². The number of aliphatic hydroxyl groups is 1. The molecule has 18 heavy (non-hydrogen) atoms. The SMILES string of the molecule is CCCNC(CO)CN1CCC(C(F)(F)F)CC1. The molecular weight excluding hydrogens is 245 g/mol. The Morgan fingerprint density at radius 1 is 1.33 bits per heavy atom. The molecule has 0 radical (unpaired) electrons. The van der Waals surface area contributed by atoms with Crippen LogP contribution in [0.3, 0.4) is 0 Å². The lowest BCUT2D eigenvalue weighted by Gasteiger charge is -2.34. The molecule has 1 atom stereocenters. The second-order valence-electron chi connectivity index (χ2n) is 4.95. The third kappa shape index (κ3) is 5.12. The maximum atomic E-state index is 12.5. The minimum absolute atomic E-state index is 0.0270. The largest absolute Gasteiger partial charge is 0.395 e. The fraction of sp³-hybridized carbons (Fsp3) is 1.00. The molecule has 0 aliphatic carbocycles. The maximum Gasteiger partial charge on any atom is 0.391 e. The van der Waals surface area contributed by atoms with E-state index in [4.69, 9.17) is 0 Å². The highest BCUT2D eigenvalue weighted by atomic mass is 19.4. The van der Waals surface area contributed by atoms with Gasteiger partial charge in [-0.25, -0.2) is 0 Å². The smallest absolute Gasteiger partial charge is 0.391 e. The van der Waals surface area contributed by atoms with Gasteiger partial charge in [0.15, 0.2) is 0 Å². The highest BCUT2D eigenvalue weighted by Crippen LogP contribution is 2.33. The fourth-order valence-electron chi connectivity index (χ4n) is 2.29. The molecule has 0 amide bonds. The number of nitrogens with one attached hydrogen (secondary N) is 1. The topological polar surface area (TPSA) is 35.5 Å². The number of halogens is 3. The zero-order valence-electron chi connectivity index (χ0n) is 10.8. The predicted molar refractivity (Wildman–Crippen MR) is 64.4 cm³/mol. The van der Waals surface area contributed by atoms with Crippen molar-refractivity contribution in [2.24, 2.45) is 5.92 Å². The van der Waals surface area contributed by atoms with E-state index in [-0.39, 0.29) is 25.5 Å². The Morgan fingerprint density at radius 2 is 1.94 bits per heavy atom. The average Bonchev–Trinajstić information content (AvgIpc) is 2.34. The standard InChI is InChI=1S/C12H23F3N2O/c1-2-5-16-11(9-18)8-17-6-3-10(4-7-17)12(13,14)15/h10-11,16,18H,2-9H2,1H3. The first-order valence-corrected chi connectivity index (χ1v) is 6.60. The highest BCUT2D eigenvalue weighted by molar-refractivity contribution is 4.80. The van der Waals surface area contributed by atoms with Gasteiger partial charge in [0.2, 0.25) is 0 Å². The van der Waals surface area contributed by atoms with Crippen molar-refractivity contribution in [3.8, 4) is 0 Å². The van der Waals surface area contributed by atoms with Crippen molar-refractivity contribution in [2.45, 2.75) is 38.4 Å². The molecule has 0 spiro atoms. The molecular formula is C12H23F3N2O. The summed E-state index contributed by atoms with van der Waals surface area (Å²) in [5, 5.41) is 12.4. The molecule has 1 heterocycles.